The number of hydrogen-bond acceptors (Lipinski definition) is 3. The summed E-state index contributed by atoms with van der Waals surface area (Å²) in [5.74, 6) is -1.01. The van der Waals surface area contributed by atoms with Gasteiger partial charge in [-0.25, -0.2) is 14.2 Å². The number of aromatic nitrogens is 2. The molecule has 5 nitrogen and oxygen atoms in total. The van der Waals surface area contributed by atoms with Crippen LogP contribution in [0.3, 0.4) is 0 Å². The van der Waals surface area contributed by atoms with Crippen molar-refractivity contribution in [3.8, 4) is 0 Å². The van der Waals surface area contributed by atoms with E-state index in [2.05, 4.69) is 9.97 Å². The van der Waals surface area contributed by atoms with Gasteiger partial charge >= 0.3 is 5.97 Å². The second-order valence-corrected chi connectivity index (χ2v) is 4.85. The highest BCUT2D eigenvalue weighted by Gasteiger charge is 2.27. The topological polar surface area (TPSA) is 75.2 Å². The van der Waals surface area contributed by atoms with Crippen molar-refractivity contribution >= 4 is 17.0 Å². The van der Waals surface area contributed by atoms with Crippen LogP contribution in [0.25, 0.3) is 11.0 Å². The lowest BCUT2D eigenvalue weighted by Gasteiger charge is -2.01. The monoisotopic (exact) mass is 264 g/mol. The molecule has 2 N–H and O–H groups in total. The molecule has 3 rings (SSSR count). The van der Waals surface area contributed by atoms with E-state index >= 15 is 0 Å². The molecule has 2 atom stereocenters. The van der Waals surface area contributed by atoms with E-state index in [1.165, 1.54) is 6.07 Å². The van der Waals surface area contributed by atoms with E-state index in [9.17, 15) is 9.18 Å². The molecule has 6 heteroatoms. The van der Waals surface area contributed by atoms with Gasteiger partial charge in [0.05, 0.1) is 23.8 Å². The number of aromatic amines is 1. The number of benzene rings is 1. The largest absolute Gasteiger partial charge is 0.478 e. The van der Waals surface area contributed by atoms with Gasteiger partial charge in [0, 0.05) is 5.92 Å². The van der Waals surface area contributed by atoms with Crippen LogP contribution in [-0.2, 0) is 4.74 Å². The molecule has 1 aliphatic heterocycles. The summed E-state index contributed by atoms with van der Waals surface area (Å²) in [4.78, 5) is 18.4. The number of ether oxygens (including phenoxy) is 1. The van der Waals surface area contributed by atoms with Crippen LogP contribution in [0.4, 0.5) is 4.39 Å². The Morgan fingerprint density at radius 1 is 1.58 bits per heavy atom. The van der Waals surface area contributed by atoms with Crippen LogP contribution in [0.15, 0.2) is 12.1 Å². The first-order valence-electron chi connectivity index (χ1n) is 6.08. The number of halogens is 1. The predicted molar refractivity (Wildman–Crippen MR) is 65.8 cm³/mol. The number of H-pyrrole nitrogens is 1. The van der Waals surface area contributed by atoms with Gasteiger partial charge in [-0.05, 0) is 25.5 Å². The standard InChI is InChI=1S/C13H13FN2O3/c1-6-2-7(5-19-6)12-15-10-4-8(14)3-9(13(17)18)11(10)16-12/h3-4,6-7H,2,5H2,1H3,(H,15,16)(H,17,18). The highest BCUT2D eigenvalue weighted by molar-refractivity contribution is 6.01. The first-order chi connectivity index (χ1) is 9.04. The Bertz CT molecular complexity index is 653. The van der Waals surface area contributed by atoms with Crippen LogP contribution in [0.5, 0.6) is 0 Å². The molecule has 1 aliphatic rings. The van der Waals surface area contributed by atoms with Crippen LogP contribution in [0, 0.1) is 5.82 Å². The summed E-state index contributed by atoms with van der Waals surface area (Å²) in [6.45, 7) is 2.52. The molecule has 0 spiro atoms. The van der Waals surface area contributed by atoms with Crippen LogP contribution in [-0.4, -0.2) is 33.8 Å². The van der Waals surface area contributed by atoms with E-state index in [1.54, 1.807) is 0 Å². The summed E-state index contributed by atoms with van der Waals surface area (Å²) in [6, 6.07) is 2.25. The third-order valence-electron chi connectivity index (χ3n) is 3.39. The molecule has 1 aromatic carbocycles. The summed E-state index contributed by atoms with van der Waals surface area (Å²) in [7, 11) is 0. The Kier molecular flexibility index (Phi) is 2.74. The Morgan fingerprint density at radius 2 is 2.37 bits per heavy atom. The molecule has 2 heterocycles. The predicted octanol–water partition coefficient (Wildman–Crippen LogP) is 2.29. The fourth-order valence-corrected chi connectivity index (χ4v) is 2.47. The average molecular weight is 264 g/mol. The maximum atomic E-state index is 13.4. The van der Waals surface area contributed by atoms with Crippen LogP contribution in [0.1, 0.15) is 35.4 Å². The first-order valence-corrected chi connectivity index (χ1v) is 6.08. The van der Waals surface area contributed by atoms with Crippen molar-refractivity contribution in [2.75, 3.05) is 6.61 Å². The summed E-state index contributed by atoms with van der Waals surface area (Å²) in [5.41, 5.74) is 0.583. The van der Waals surface area contributed by atoms with E-state index in [-0.39, 0.29) is 17.6 Å². The number of carboxylic acid groups (broad SMARTS) is 1. The lowest BCUT2D eigenvalue weighted by Crippen LogP contribution is -2.01. The molecule has 0 bridgehead atoms. The second kappa shape index (κ2) is 4.31. The SMILES string of the molecule is CC1CC(c2nc3c(C(=O)O)cc(F)cc3[nH]2)CO1. The number of rotatable bonds is 2. The molecule has 0 amide bonds. The van der Waals surface area contributed by atoms with Gasteiger partial charge in [0.1, 0.15) is 17.2 Å². The molecule has 1 aromatic heterocycles. The third-order valence-corrected chi connectivity index (χ3v) is 3.39. The van der Waals surface area contributed by atoms with Crippen LogP contribution < -0.4 is 0 Å². The molecule has 0 aliphatic carbocycles. The Balaban J connectivity index is 2.10. The molecule has 2 aromatic rings. The maximum absolute atomic E-state index is 13.4. The number of hydrogen-bond donors (Lipinski definition) is 2. The van der Waals surface area contributed by atoms with Gasteiger partial charge < -0.3 is 14.8 Å². The van der Waals surface area contributed by atoms with Crippen molar-refractivity contribution in [2.24, 2.45) is 0 Å². The molecule has 2 unspecified atom stereocenters. The minimum Gasteiger partial charge on any atom is -0.478 e. The Morgan fingerprint density at radius 3 is 3.00 bits per heavy atom. The molecular weight excluding hydrogens is 251 g/mol. The van der Waals surface area contributed by atoms with Crippen molar-refractivity contribution < 1.29 is 19.0 Å². The molecule has 0 saturated carbocycles. The van der Waals surface area contributed by atoms with Crippen molar-refractivity contribution in [2.45, 2.75) is 25.4 Å². The summed E-state index contributed by atoms with van der Waals surface area (Å²) >= 11 is 0. The molecule has 1 fully saturated rings. The van der Waals surface area contributed by atoms with Gasteiger partial charge in [0.25, 0.3) is 0 Å². The molecule has 1 saturated heterocycles. The van der Waals surface area contributed by atoms with Gasteiger partial charge in [0.2, 0.25) is 0 Å². The fourth-order valence-electron chi connectivity index (χ4n) is 2.47. The van der Waals surface area contributed by atoms with E-state index in [0.717, 1.165) is 12.5 Å². The lowest BCUT2D eigenvalue weighted by molar-refractivity contribution is 0.0698. The smallest absolute Gasteiger partial charge is 0.338 e. The van der Waals surface area contributed by atoms with Crippen molar-refractivity contribution in [1.29, 1.82) is 0 Å². The molecule has 0 radical (unpaired) electrons. The number of fused-ring (bicyclic) bond motifs is 1. The van der Waals surface area contributed by atoms with E-state index in [4.69, 9.17) is 9.84 Å². The Labute approximate surface area is 108 Å². The van der Waals surface area contributed by atoms with E-state index in [1.807, 2.05) is 6.92 Å². The molecule has 19 heavy (non-hydrogen) atoms. The first kappa shape index (κ1) is 12.1. The lowest BCUT2D eigenvalue weighted by atomic mass is 10.1. The van der Waals surface area contributed by atoms with Crippen LogP contribution in [0.2, 0.25) is 0 Å². The fraction of sp³-hybridized carbons (Fsp3) is 0.385. The number of nitrogens with zero attached hydrogens (tertiary/aromatic N) is 1. The summed E-state index contributed by atoms with van der Waals surface area (Å²) in [5, 5.41) is 9.08. The number of carbonyl (C=O) groups is 1. The van der Waals surface area contributed by atoms with Gasteiger partial charge in [-0.1, -0.05) is 0 Å². The average Bonchev–Trinajstić information content (AvgIpc) is 2.93. The molecular formula is C13H13FN2O3. The van der Waals surface area contributed by atoms with Gasteiger partial charge in [-0.2, -0.15) is 0 Å². The number of imidazole rings is 1. The minimum atomic E-state index is -1.18. The number of nitrogens with one attached hydrogen (secondary N) is 1. The zero-order valence-electron chi connectivity index (χ0n) is 10.3. The van der Waals surface area contributed by atoms with Crippen molar-refractivity contribution in [1.82, 2.24) is 9.97 Å². The van der Waals surface area contributed by atoms with Crippen molar-refractivity contribution in [3.05, 3.63) is 29.3 Å². The van der Waals surface area contributed by atoms with Gasteiger partial charge in [-0.15, -0.1) is 0 Å². The minimum absolute atomic E-state index is 0.104. The van der Waals surface area contributed by atoms with Gasteiger partial charge in [-0.3, -0.25) is 0 Å². The van der Waals surface area contributed by atoms with E-state index < -0.39 is 11.8 Å². The van der Waals surface area contributed by atoms with Crippen molar-refractivity contribution in [3.63, 3.8) is 0 Å². The summed E-state index contributed by atoms with van der Waals surface area (Å²) < 4.78 is 18.8. The summed E-state index contributed by atoms with van der Waals surface area (Å²) in [6.07, 6.45) is 0.985. The third kappa shape index (κ3) is 2.08. The highest BCUT2D eigenvalue weighted by Crippen LogP contribution is 2.29. The normalized spacial score (nSPS) is 23.1. The quantitative estimate of drug-likeness (QED) is 0.872. The zero-order valence-corrected chi connectivity index (χ0v) is 10.3. The maximum Gasteiger partial charge on any atom is 0.338 e. The van der Waals surface area contributed by atoms with Crippen LogP contribution >= 0.6 is 0 Å². The zero-order chi connectivity index (χ0) is 13.6. The van der Waals surface area contributed by atoms with Gasteiger partial charge in [0.15, 0.2) is 0 Å². The number of carboxylic acids is 1. The second-order valence-electron chi connectivity index (χ2n) is 4.85. The molecule has 100 valence electrons. The van der Waals surface area contributed by atoms with E-state index in [0.29, 0.717) is 23.5 Å². The number of aromatic carboxylic acids is 1. The Hall–Kier alpha value is -1.95. The highest BCUT2D eigenvalue weighted by atomic mass is 19.1.